The van der Waals surface area contributed by atoms with Crippen LogP contribution in [0, 0.1) is 30.1 Å². The maximum Gasteiger partial charge on any atom is 0.320 e. The molecule has 0 spiro atoms. The van der Waals surface area contributed by atoms with Crippen molar-refractivity contribution in [3.8, 4) is 11.8 Å². The zero-order chi connectivity index (χ0) is 11.1. The number of carbonyl (C=O) groups is 1. The Bertz CT molecular complexity index is 253. The summed E-state index contributed by atoms with van der Waals surface area (Å²) in [6, 6.07) is 0. The highest BCUT2D eigenvalue weighted by Crippen LogP contribution is 2.22. The lowest BCUT2D eigenvalue weighted by molar-refractivity contribution is -0.143. The second-order valence-electron chi connectivity index (χ2n) is 3.91. The number of carbonyl (C=O) groups excluding carboxylic acids is 1. The number of methoxy groups -OCH3 is 1. The van der Waals surface area contributed by atoms with Gasteiger partial charge in [-0.25, -0.2) is 0 Å². The first kappa shape index (κ1) is 12.1. The van der Waals surface area contributed by atoms with E-state index in [1.165, 1.54) is 7.11 Å². The molecule has 0 heterocycles. The van der Waals surface area contributed by atoms with E-state index in [1.54, 1.807) is 0 Å². The Morgan fingerprint density at radius 3 is 2.73 bits per heavy atom. The van der Waals surface area contributed by atoms with Crippen molar-refractivity contribution in [3.63, 3.8) is 0 Å². The van der Waals surface area contributed by atoms with Gasteiger partial charge in [0.15, 0.2) is 0 Å². The highest BCUT2D eigenvalue weighted by molar-refractivity contribution is 5.75. The molecule has 1 fully saturated rings. The smallest absolute Gasteiger partial charge is 0.320 e. The molecule has 0 amide bonds. The number of hydrogen-bond acceptors (Lipinski definition) is 2. The van der Waals surface area contributed by atoms with Gasteiger partial charge in [-0.3, -0.25) is 4.79 Å². The van der Waals surface area contributed by atoms with Crippen molar-refractivity contribution >= 4 is 5.97 Å². The molecule has 1 radical (unpaired) electrons. The van der Waals surface area contributed by atoms with Crippen LogP contribution in [0.1, 0.15) is 39.0 Å². The Morgan fingerprint density at radius 1 is 1.53 bits per heavy atom. The number of rotatable bonds is 2. The molecule has 0 aliphatic heterocycles. The van der Waals surface area contributed by atoms with Crippen LogP contribution in [0.25, 0.3) is 0 Å². The first-order valence-corrected chi connectivity index (χ1v) is 5.68. The van der Waals surface area contributed by atoms with Crippen molar-refractivity contribution in [3.05, 3.63) is 6.42 Å². The molecular formula is C13H19O2. The molecular weight excluding hydrogens is 188 g/mol. The Morgan fingerprint density at radius 2 is 2.20 bits per heavy atom. The Balaban J connectivity index is 2.48. The van der Waals surface area contributed by atoms with Crippen LogP contribution < -0.4 is 0 Å². The van der Waals surface area contributed by atoms with Crippen molar-refractivity contribution in [1.29, 1.82) is 0 Å². The van der Waals surface area contributed by atoms with Gasteiger partial charge in [0.05, 0.1) is 7.11 Å². The minimum absolute atomic E-state index is 0.202. The van der Waals surface area contributed by atoms with E-state index in [9.17, 15) is 4.79 Å². The van der Waals surface area contributed by atoms with E-state index in [-0.39, 0.29) is 11.9 Å². The summed E-state index contributed by atoms with van der Waals surface area (Å²) in [6.45, 7) is 1.96. The van der Waals surface area contributed by atoms with Crippen LogP contribution in [0.5, 0.6) is 0 Å². The molecule has 0 aromatic rings. The average Bonchev–Trinajstić information content (AvgIpc) is 2.31. The van der Waals surface area contributed by atoms with Crippen molar-refractivity contribution < 1.29 is 9.53 Å². The van der Waals surface area contributed by atoms with Crippen LogP contribution >= 0.6 is 0 Å². The molecule has 15 heavy (non-hydrogen) atoms. The van der Waals surface area contributed by atoms with Gasteiger partial charge in [0.2, 0.25) is 0 Å². The lowest BCUT2D eigenvalue weighted by atomic mass is 9.89. The SMILES string of the molecule is CCC(C#CC1CC[CH]CC1)C(=O)OC. The minimum Gasteiger partial charge on any atom is -0.468 e. The zero-order valence-electron chi connectivity index (χ0n) is 9.58. The lowest BCUT2D eigenvalue weighted by Crippen LogP contribution is -2.14. The Labute approximate surface area is 92.4 Å². The van der Waals surface area contributed by atoms with Gasteiger partial charge >= 0.3 is 5.97 Å². The maximum absolute atomic E-state index is 11.3. The number of ether oxygens (including phenoxy) is 1. The third-order valence-electron chi connectivity index (χ3n) is 2.79. The van der Waals surface area contributed by atoms with Gasteiger partial charge in [0.1, 0.15) is 5.92 Å². The molecule has 2 nitrogen and oxygen atoms in total. The molecule has 0 aromatic carbocycles. The zero-order valence-corrected chi connectivity index (χ0v) is 9.58. The monoisotopic (exact) mass is 207 g/mol. The summed E-state index contributed by atoms with van der Waals surface area (Å²) < 4.78 is 4.70. The molecule has 0 aromatic heterocycles. The molecule has 0 N–H and O–H groups in total. The summed E-state index contributed by atoms with van der Waals surface area (Å²) in [7, 11) is 1.42. The molecule has 0 saturated heterocycles. The highest BCUT2D eigenvalue weighted by Gasteiger charge is 2.15. The second-order valence-corrected chi connectivity index (χ2v) is 3.91. The molecule has 83 valence electrons. The van der Waals surface area contributed by atoms with Gasteiger partial charge in [0.25, 0.3) is 0 Å². The normalized spacial score (nSPS) is 18.8. The van der Waals surface area contributed by atoms with Crippen LogP contribution in [0.2, 0.25) is 0 Å². The van der Waals surface area contributed by atoms with Crippen LogP contribution in [-0.2, 0) is 9.53 Å². The van der Waals surface area contributed by atoms with Crippen molar-refractivity contribution in [2.75, 3.05) is 7.11 Å². The summed E-state index contributed by atoms with van der Waals surface area (Å²) in [5, 5.41) is 0. The average molecular weight is 207 g/mol. The van der Waals surface area contributed by atoms with E-state index in [0.29, 0.717) is 5.92 Å². The van der Waals surface area contributed by atoms with Crippen molar-refractivity contribution in [2.45, 2.75) is 39.0 Å². The molecule has 0 bridgehead atoms. The predicted molar refractivity (Wildman–Crippen MR) is 59.8 cm³/mol. The molecule has 1 saturated carbocycles. The number of esters is 1. The summed E-state index contributed by atoms with van der Waals surface area (Å²) in [5.41, 5.74) is 0. The van der Waals surface area contributed by atoms with Gasteiger partial charge in [0, 0.05) is 5.92 Å². The van der Waals surface area contributed by atoms with Crippen LogP contribution in [-0.4, -0.2) is 13.1 Å². The molecule has 2 heteroatoms. The van der Waals surface area contributed by atoms with Crippen LogP contribution in [0.3, 0.4) is 0 Å². The van der Waals surface area contributed by atoms with E-state index < -0.39 is 0 Å². The van der Waals surface area contributed by atoms with Crippen molar-refractivity contribution in [1.82, 2.24) is 0 Å². The highest BCUT2D eigenvalue weighted by atomic mass is 16.5. The third-order valence-corrected chi connectivity index (χ3v) is 2.79. The van der Waals surface area contributed by atoms with Crippen LogP contribution in [0.15, 0.2) is 0 Å². The standard InChI is InChI=1S/C13H19O2/c1-3-12(13(14)15-2)10-9-11-7-5-4-6-8-11/h4,11-12H,3,5-8H2,1-2H3. The number of hydrogen-bond donors (Lipinski definition) is 0. The summed E-state index contributed by atoms with van der Waals surface area (Å²) in [6.07, 6.45) is 7.66. The largest absolute Gasteiger partial charge is 0.468 e. The van der Waals surface area contributed by atoms with Crippen molar-refractivity contribution in [2.24, 2.45) is 11.8 Å². The van der Waals surface area contributed by atoms with Crippen LogP contribution in [0.4, 0.5) is 0 Å². The summed E-state index contributed by atoms with van der Waals surface area (Å²) in [4.78, 5) is 11.3. The second kappa shape index (κ2) is 6.50. The van der Waals surface area contributed by atoms with Gasteiger partial charge in [-0.15, -0.1) is 0 Å². The first-order chi connectivity index (χ1) is 7.27. The maximum atomic E-state index is 11.3. The molecule has 1 aliphatic carbocycles. The topological polar surface area (TPSA) is 26.3 Å². The fourth-order valence-corrected chi connectivity index (χ4v) is 1.76. The van der Waals surface area contributed by atoms with E-state index in [4.69, 9.17) is 4.74 Å². The minimum atomic E-state index is -0.235. The summed E-state index contributed by atoms with van der Waals surface area (Å²) in [5.74, 6) is 6.31. The van der Waals surface area contributed by atoms with Gasteiger partial charge in [-0.1, -0.05) is 18.8 Å². The molecule has 1 unspecified atom stereocenters. The molecule has 1 aliphatic rings. The van der Waals surface area contributed by atoms with Gasteiger partial charge in [-0.2, -0.15) is 0 Å². The third kappa shape index (κ3) is 3.95. The Hall–Kier alpha value is -0.970. The first-order valence-electron chi connectivity index (χ1n) is 5.68. The van der Waals surface area contributed by atoms with Gasteiger partial charge < -0.3 is 4.74 Å². The Kier molecular flexibility index (Phi) is 5.25. The lowest BCUT2D eigenvalue weighted by Gasteiger charge is -2.15. The fourth-order valence-electron chi connectivity index (χ4n) is 1.76. The predicted octanol–water partition coefficient (Wildman–Crippen LogP) is 2.58. The summed E-state index contributed by atoms with van der Waals surface area (Å²) >= 11 is 0. The van der Waals surface area contributed by atoms with E-state index in [1.807, 2.05) is 6.92 Å². The quantitative estimate of drug-likeness (QED) is 0.514. The van der Waals surface area contributed by atoms with E-state index in [0.717, 1.165) is 32.1 Å². The van der Waals surface area contributed by atoms with Gasteiger partial charge in [-0.05, 0) is 38.5 Å². The molecule has 1 atom stereocenters. The fraction of sp³-hybridized carbons (Fsp3) is 0.692. The van der Waals surface area contributed by atoms with E-state index >= 15 is 0 Å². The molecule has 1 rings (SSSR count). The van der Waals surface area contributed by atoms with E-state index in [2.05, 4.69) is 18.3 Å².